The summed E-state index contributed by atoms with van der Waals surface area (Å²) in [4.78, 5) is 16.7. The highest BCUT2D eigenvalue weighted by Crippen LogP contribution is 2.38. The van der Waals surface area contributed by atoms with Crippen molar-refractivity contribution in [2.75, 3.05) is 16.4 Å². The summed E-state index contributed by atoms with van der Waals surface area (Å²) in [7, 11) is 1.89. The second kappa shape index (κ2) is 9.44. The van der Waals surface area contributed by atoms with Crippen LogP contribution in [0.25, 0.3) is 33.4 Å². The van der Waals surface area contributed by atoms with Crippen LogP contribution in [-0.2, 0) is 7.05 Å². The average Bonchev–Trinajstić information content (AvgIpc) is 3.46. The maximum atomic E-state index is 12.3. The van der Waals surface area contributed by atoms with Crippen molar-refractivity contribution in [3.63, 3.8) is 0 Å². The van der Waals surface area contributed by atoms with E-state index in [1.54, 1.807) is 22.2 Å². The zero-order chi connectivity index (χ0) is 24.4. The predicted octanol–water partition coefficient (Wildman–Crippen LogP) is 6.40. The summed E-state index contributed by atoms with van der Waals surface area (Å²) in [5.41, 5.74) is 12.8. The Morgan fingerprint density at radius 3 is 2.60 bits per heavy atom. The number of aryl methyl sites for hydroxylation is 2. The third-order valence-corrected chi connectivity index (χ3v) is 6.60. The molecule has 0 aliphatic heterocycles. The fraction of sp³-hybridized carbons (Fsp3) is 0.0741. The Bertz CT molecular complexity index is 1550. The highest BCUT2D eigenvalue weighted by Gasteiger charge is 2.13. The molecule has 3 aromatic heterocycles. The Morgan fingerprint density at radius 1 is 1.06 bits per heavy atom. The number of nitrogen functional groups attached to an aromatic ring is 1. The van der Waals surface area contributed by atoms with E-state index in [4.69, 9.17) is 5.73 Å². The molecule has 174 valence electrons. The van der Waals surface area contributed by atoms with Gasteiger partial charge in [0.25, 0.3) is 0 Å². The predicted molar refractivity (Wildman–Crippen MR) is 145 cm³/mol. The molecule has 5 rings (SSSR count). The third kappa shape index (κ3) is 4.92. The van der Waals surface area contributed by atoms with Crippen molar-refractivity contribution in [3.05, 3.63) is 89.2 Å². The van der Waals surface area contributed by atoms with Crippen LogP contribution < -0.4 is 16.4 Å². The molecule has 7 nitrogen and oxygen atoms in total. The summed E-state index contributed by atoms with van der Waals surface area (Å²) in [5, 5.41) is 13.0. The van der Waals surface area contributed by atoms with Crippen LogP contribution in [0.3, 0.4) is 0 Å². The Balaban J connectivity index is 1.31. The van der Waals surface area contributed by atoms with E-state index in [1.807, 2.05) is 87.0 Å². The van der Waals surface area contributed by atoms with Gasteiger partial charge in [-0.25, -0.2) is 9.78 Å². The van der Waals surface area contributed by atoms with Gasteiger partial charge in [-0.2, -0.15) is 5.10 Å². The van der Waals surface area contributed by atoms with Crippen LogP contribution in [0.5, 0.6) is 0 Å². The lowest BCUT2D eigenvalue weighted by Gasteiger charge is -2.08. The SMILES string of the molecule is Cc1cccc(NC(=O)Nc2ccc(/C=C/c3csc4c(-c5cnn(C)c5)cnc(N)c34)cc2)c1. The van der Waals surface area contributed by atoms with Gasteiger partial charge >= 0.3 is 6.03 Å². The number of nitrogens with two attached hydrogens (primary N) is 1. The zero-order valence-corrected chi connectivity index (χ0v) is 20.1. The molecule has 0 saturated heterocycles. The molecule has 0 aliphatic carbocycles. The third-order valence-electron chi connectivity index (χ3n) is 5.57. The van der Waals surface area contributed by atoms with Gasteiger partial charge < -0.3 is 16.4 Å². The van der Waals surface area contributed by atoms with E-state index in [-0.39, 0.29) is 6.03 Å². The van der Waals surface area contributed by atoms with Gasteiger partial charge in [0.1, 0.15) is 5.82 Å². The number of thiophene rings is 1. The van der Waals surface area contributed by atoms with E-state index in [0.717, 1.165) is 43.6 Å². The van der Waals surface area contributed by atoms with Crippen molar-refractivity contribution in [2.45, 2.75) is 6.92 Å². The molecule has 0 unspecified atom stereocenters. The fourth-order valence-electron chi connectivity index (χ4n) is 3.86. The van der Waals surface area contributed by atoms with E-state index in [2.05, 4.69) is 26.1 Å². The first kappa shape index (κ1) is 22.4. The Labute approximate surface area is 206 Å². The number of hydrogen-bond acceptors (Lipinski definition) is 5. The summed E-state index contributed by atoms with van der Waals surface area (Å²) in [5.74, 6) is 0.507. The second-order valence-electron chi connectivity index (χ2n) is 8.26. The second-order valence-corrected chi connectivity index (χ2v) is 9.14. The van der Waals surface area contributed by atoms with E-state index in [9.17, 15) is 4.79 Å². The Kier molecular flexibility index (Phi) is 6.03. The molecular weight excluding hydrogens is 456 g/mol. The number of carbonyl (C=O) groups is 1. The van der Waals surface area contributed by atoms with E-state index in [1.165, 1.54) is 0 Å². The highest BCUT2D eigenvalue weighted by molar-refractivity contribution is 7.18. The maximum absolute atomic E-state index is 12.3. The molecule has 0 atom stereocenters. The van der Waals surface area contributed by atoms with Gasteiger partial charge in [0.2, 0.25) is 0 Å². The molecule has 0 saturated carbocycles. The molecule has 35 heavy (non-hydrogen) atoms. The molecule has 0 bridgehead atoms. The lowest BCUT2D eigenvalue weighted by atomic mass is 10.1. The number of pyridine rings is 1. The topological polar surface area (TPSA) is 97.9 Å². The van der Waals surface area contributed by atoms with Gasteiger partial charge in [-0.15, -0.1) is 11.3 Å². The molecule has 0 radical (unpaired) electrons. The average molecular weight is 481 g/mol. The molecular formula is C27H24N6OS. The van der Waals surface area contributed by atoms with Crippen LogP contribution in [-0.4, -0.2) is 20.8 Å². The van der Waals surface area contributed by atoms with Crippen molar-refractivity contribution in [3.8, 4) is 11.1 Å². The number of aromatic nitrogens is 3. The molecule has 0 aliphatic rings. The number of urea groups is 1. The van der Waals surface area contributed by atoms with Gasteiger partial charge in [0.15, 0.2) is 0 Å². The summed E-state index contributed by atoms with van der Waals surface area (Å²) in [6.07, 6.45) is 9.67. The minimum Gasteiger partial charge on any atom is -0.383 e. The minimum absolute atomic E-state index is 0.281. The van der Waals surface area contributed by atoms with E-state index >= 15 is 0 Å². The number of nitrogens with one attached hydrogen (secondary N) is 2. The number of carbonyl (C=O) groups excluding carboxylic acids is 1. The molecule has 2 amide bonds. The number of fused-ring (bicyclic) bond motifs is 1. The van der Waals surface area contributed by atoms with E-state index < -0.39 is 0 Å². The van der Waals surface area contributed by atoms with Gasteiger partial charge in [-0.05, 0) is 53.3 Å². The number of nitrogens with zero attached hydrogens (tertiary/aromatic N) is 3. The first-order valence-corrected chi connectivity index (χ1v) is 11.9. The zero-order valence-electron chi connectivity index (χ0n) is 19.3. The number of hydrogen-bond donors (Lipinski definition) is 3. The number of amides is 2. The molecule has 2 aromatic carbocycles. The minimum atomic E-state index is -0.281. The Hall–Kier alpha value is -4.43. The lowest BCUT2D eigenvalue weighted by Crippen LogP contribution is -2.19. The smallest absolute Gasteiger partial charge is 0.323 e. The first-order chi connectivity index (χ1) is 17.0. The van der Waals surface area contributed by atoms with Gasteiger partial charge in [-0.3, -0.25) is 4.68 Å². The number of rotatable bonds is 5. The summed E-state index contributed by atoms with van der Waals surface area (Å²) < 4.78 is 2.86. The van der Waals surface area contributed by atoms with Crippen LogP contribution in [0.4, 0.5) is 22.0 Å². The largest absolute Gasteiger partial charge is 0.383 e. The van der Waals surface area contributed by atoms with Gasteiger partial charge in [-0.1, -0.05) is 36.4 Å². The standard InChI is InChI=1S/C27H24N6OS/c1-17-4-3-5-22(12-17)32-27(34)31-21-10-7-18(8-11-21)6-9-19-16-35-25-23(14-29-26(28)24(19)25)20-13-30-33(2)15-20/h3-16H,1-2H3,(H2,28,29)(H2,31,32,34)/b9-6+. The van der Waals surface area contributed by atoms with Crippen molar-refractivity contribution < 1.29 is 4.79 Å². The van der Waals surface area contributed by atoms with Crippen molar-refractivity contribution in [2.24, 2.45) is 7.05 Å². The fourth-order valence-corrected chi connectivity index (χ4v) is 4.94. The molecule has 8 heteroatoms. The normalized spacial score (nSPS) is 11.3. The quantitative estimate of drug-likeness (QED) is 0.271. The summed E-state index contributed by atoms with van der Waals surface area (Å²) in [6, 6.07) is 15.0. The van der Waals surface area contributed by atoms with Crippen molar-refractivity contribution >= 4 is 56.8 Å². The maximum Gasteiger partial charge on any atom is 0.323 e. The first-order valence-electron chi connectivity index (χ1n) is 11.0. The van der Waals surface area contributed by atoms with Crippen molar-refractivity contribution in [1.82, 2.24) is 14.8 Å². The summed E-state index contributed by atoms with van der Waals surface area (Å²) in [6.45, 7) is 1.98. The highest BCUT2D eigenvalue weighted by atomic mass is 32.1. The summed E-state index contributed by atoms with van der Waals surface area (Å²) >= 11 is 1.64. The van der Waals surface area contributed by atoms with Crippen LogP contribution in [0, 0.1) is 6.92 Å². The van der Waals surface area contributed by atoms with Gasteiger partial charge in [0.05, 0.1) is 6.20 Å². The van der Waals surface area contributed by atoms with Crippen LogP contribution in [0.2, 0.25) is 0 Å². The number of benzene rings is 2. The van der Waals surface area contributed by atoms with Crippen LogP contribution in [0.1, 0.15) is 16.7 Å². The molecule has 0 fully saturated rings. The van der Waals surface area contributed by atoms with E-state index in [0.29, 0.717) is 11.5 Å². The number of anilines is 3. The molecule has 3 heterocycles. The van der Waals surface area contributed by atoms with Gasteiger partial charge in [0, 0.05) is 52.0 Å². The molecule has 5 aromatic rings. The molecule has 0 spiro atoms. The van der Waals surface area contributed by atoms with Crippen LogP contribution >= 0.6 is 11.3 Å². The monoisotopic (exact) mass is 480 g/mol. The van der Waals surface area contributed by atoms with Crippen LogP contribution in [0.15, 0.2) is 72.5 Å². The molecule has 4 N–H and O–H groups in total. The lowest BCUT2D eigenvalue weighted by molar-refractivity contribution is 0.262. The van der Waals surface area contributed by atoms with Crippen molar-refractivity contribution in [1.29, 1.82) is 0 Å². The Morgan fingerprint density at radius 2 is 1.86 bits per heavy atom.